The maximum Gasteiger partial charge on any atom is 0.269 e. The molecule has 5 heteroatoms. The number of rotatable bonds is 5. The fraction of sp³-hybridized carbons (Fsp3) is 0.538. The van der Waals surface area contributed by atoms with E-state index in [1.54, 1.807) is 12.1 Å². The van der Waals surface area contributed by atoms with Crippen LogP contribution in [0.15, 0.2) is 24.3 Å². The summed E-state index contributed by atoms with van der Waals surface area (Å²) in [5.41, 5.74) is 0.334. The third-order valence-corrected chi connectivity index (χ3v) is 4.73. The van der Waals surface area contributed by atoms with Gasteiger partial charge in [0.1, 0.15) is 5.75 Å². The highest BCUT2D eigenvalue weighted by molar-refractivity contribution is 9.09. The van der Waals surface area contributed by atoms with Gasteiger partial charge in [0.05, 0.1) is 11.5 Å². The Morgan fingerprint density at radius 1 is 1.28 bits per heavy atom. The molecule has 1 saturated carbocycles. The number of hydrogen-bond acceptors (Lipinski definition) is 3. The fourth-order valence-corrected chi connectivity index (χ4v) is 3.06. The van der Waals surface area contributed by atoms with Crippen molar-refractivity contribution >= 4 is 21.6 Å². The highest BCUT2D eigenvalue weighted by Crippen LogP contribution is 2.40. The quantitative estimate of drug-likeness (QED) is 0.470. The SMILES string of the molecule is O=[N+]([O-])c1ccc(OCC2(CBr)CCCC2)cc1. The van der Waals surface area contributed by atoms with E-state index < -0.39 is 4.92 Å². The van der Waals surface area contributed by atoms with E-state index in [2.05, 4.69) is 15.9 Å². The molecule has 0 atom stereocenters. The van der Waals surface area contributed by atoms with Gasteiger partial charge in [0.2, 0.25) is 0 Å². The van der Waals surface area contributed by atoms with Crippen molar-refractivity contribution in [2.75, 3.05) is 11.9 Å². The zero-order valence-electron chi connectivity index (χ0n) is 10.1. The molecule has 1 aliphatic rings. The van der Waals surface area contributed by atoms with Crippen molar-refractivity contribution in [1.82, 2.24) is 0 Å². The van der Waals surface area contributed by atoms with Crippen LogP contribution in [0.3, 0.4) is 0 Å². The molecular weight excluding hydrogens is 298 g/mol. The van der Waals surface area contributed by atoms with Gasteiger partial charge in [0.25, 0.3) is 5.69 Å². The predicted octanol–water partition coefficient (Wildman–Crippen LogP) is 3.93. The molecule has 0 amide bonds. The van der Waals surface area contributed by atoms with Crippen LogP contribution in [0.4, 0.5) is 5.69 Å². The summed E-state index contributed by atoms with van der Waals surface area (Å²) in [5.74, 6) is 0.702. The van der Waals surface area contributed by atoms with Gasteiger partial charge >= 0.3 is 0 Å². The van der Waals surface area contributed by atoms with Gasteiger partial charge in [0.15, 0.2) is 0 Å². The van der Waals surface area contributed by atoms with Crippen LogP contribution in [0.2, 0.25) is 0 Å². The molecule has 1 aliphatic carbocycles. The number of alkyl halides is 1. The fourth-order valence-electron chi connectivity index (χ4n) is 2.34. The number of nitro groups is 1. The lowest BCUT2D eigenvalue weighted by atomic mass is 9.90. The van der Waals surface area contributed by atoms with Gasteiger partial charge in [-0.1, -0.05) is 28.8 Å². The highest BCUT2D eigenvalue weighted by atomic mass is 79.9. The molecule has 1 fully saturated rings. The normalized spacial score (nSPS) is 17.6. The van der Waals surface area contributed by atoms with Crippen molar-refractivity contribution in [3.8, 4) is 5.75 Å². The number of non-ortho nitro benzene ring substituents is 1. The van der Waals surface area contributed by atoms with E-state index >= 15 is 0 Å². The van der Waals surface area contributed by atoms with Crippen LogP contribution < -0.4 is 4.74 Å². The number of nitrogens with zero attached hydrogens (tertiary/aromatic N) is 1. The minimum Gasteiger partial charge on any atom is -0.493 e. The summed E-state index contributed by atoms with van der Waals surface area (Å²) in [7, 11) is 0. The lowest BCUT2D eigenvalue weighted by Crippen LogP contribution is -2.26. The van der Waals surface area contributed by atoms with Gasteiger partial charge < -0.3 is 4.74 Å². The predicted molar refractivity (Wildman–Crippen MR) is 73.3 cm³/mol. The van der Waals surface area contributed by atoms with Crippen LogP contribution in [0.1, 0.15) is 25.7 Å². The second-order valence-electron chi connectivity index (χ2n) is 4.88. The minimum absolute atomic E-state index is 0.0958. The van der Waals surface area contributed by atoms with E-state index in [-0.39, 0.29) is 11.1 Å². The molecule has 18 heavy (non-hydrogen) atoms. The Labute approximate surface area is 115 Å². The molecule has 2 rings (SSSR count). The Morgan fingerprint density at radius 2 is 1.89 bits per heavy atom. The lowest BCUT2D eigenvalue weighted by Gasteiger charge is -2.26. The summed E-state index contributed by atoms with van der Waals surface area (Å²) in [6, 6.07) is 6.28. The van der Waals surface area contributed by atoms with Crippen LogP contribution >= 0.6 is 15.9 Å². The molecule has 1 aromatic carbocycles. The molecule has 0 saturated heterocycles. The molecule has 0 unspecified atom stereocenters. The second-order valence-corrected chi connectivity index (χ2v) is 5.44. The van der Waals surface area contributed by atoms with E-state index in [0.717, 1.165) is 5.33 Å². The van der Waals surface area contributed by atoms with Crippen molar-refractivity contribution < 1.29 is 9.66 Å². The summed E-state index contributed by atoms with van der Waals surface area (Å²) in [6.07, 6.45) is 4.89. The van der Waals surface area contributed by atoms with Crippen molar-refractivity contribution in [2.45, 2.75) is 25.7 Å². The maximum absolute atomic E-state index is 10.5. The second kappa shape index (κ2) is 5.69. The van der Waals surface area contributed by atoms with Crippen molar-refractivity contribution in [3.63, 3.8) is 0 Å². The topological polar surface area (TPSA) is 52.4 Å². The Balaban J connectivity index is 1.95. The number of nitro benzene ring substituents is 1. The molecule has 0 N–H and O–H groups in total. The summed E-state index contributed by atoms with van der Waals surface area (Å²) < 4.78 is 5.77. The van der Waals surface area contributed by atoms with Gasteiger partial charge in [-0.3, -0.25) is 10.1 Å². The molecule has 0 aromatic heterocycles. The van der Waals surface area contributed by atoms with E-state index in [0.29, 0.717) is 12.4 Å². The molecule has 0 bridgehead atoms. The largest absolute Gasteiger partial charge is 0.493 e. The standard InChI is InChI=1S/C13H16BrNO3/c14-9-13(7-1-2-8-13)10-18-12-5-3-11(4-6-12)15(16)17/h3-6H,1-2,7-10H2. The highest BCUT2D eigenvalue weighted by Gasteiger charge is 2.33. The van der Waals surface area contributed by atoms with Gasteiger partial charge in [0, 0.05) is 22.9 Å². The number of halogens is 1. The average molecular weight is 314 g/mol. The van der Waals surface area contributed by atoms with Crippen LogP contribution in [-0.4, -0.2) is 16.9 Å². The molecule has 4 nitrogen and oxygen atoms in total. The Kier molecular flexibility index (Phi) is 4.22. The Hall–Kier alpha value is -1.10. The summed E-state index contributed by atoms with van der Waals surface area (Å²) in [6.45, 7) is 0.677. The third-order valence-electron chi connectivity index (χ3n) is 3.54. The van der Waals surface area contributed by atoms with E-state index in [1.807, 2.05) is 0 Å². The van der Waals surface area contributed by atoms with E-state index in [9.17, 15) is 10.1 Å². The zero-order chi connectivity index (χ0) is 13.0. The van der Waals surface area contributed by atoms with Gasteiger partial charge in [-0.05, 0) is 25.0 Å². The van der Waals surface area contributed by atoms with E-state index in [1.165, 1.54) is 37.8 Å². The van der Waals surface area contributed by atoms with Gasteiger partial charge in [-0.2, -0.15) is 0 Å². The Bertz CT molecular complexity index is 413. The smallest absolute Gasteiger partial charge is 0.269 e. The molecule has 98 valence electrons. The van der Waals surface area contributed by atoms with Crippen molar-refractivity contribution in [3.05, 3.63) is 34.4 Å². The monoisotopic (exact) mass is 313 g/mol. The lowest BCUT2D eigenvalue weighted by molar-refractivity contribution is -0.384. The van der Waals surface area contributed by atoms with Crippen LogP contribution in [-0.2, 0) is 0 Å². The van der Waals surface area contributed by atoms with E-state index in [4.69, 9.17) is 4.74 Å². The summed E-state index contributed by atoms with van der Waals surface area (Å²) in [4.78, 5) is 10.1. The zero-order valence-corrected chi connectivity index (χ0v) is 11.7. The molecule has 0 spiro atoms. The first-order valence-corrected chi connectivity index (χ1v) is 7.21. The number of benzene rings is 1. The van der Waals surface area contributed by atoms with Crippen molar-refractivity contribution in [1.29, 1.82) is 0 Å². The Morgan fingerprint density at radius 3 is 2.39 bits per heavy atom. The number of hydrogen-bond donors (Lipinski definition) is 0. The molecule has 1 aromatic rings. The van der Waals surface area contributed by atoms with Crippen LogP contribution in [0.25, 0.3) is 0 Å². The van der Waals surface area contributed by atoms with Gasteiger partial charge in [-0.15, -0.1) is 0 Å². The number of ether oxygens (including phenoxy) is 1. The molecule has 0 aliphatic heterocycles. The van der Waals surface area contributed by atoms with Crippen molar-refractivity contribution in [2.24, 2.45) is 5.41 Å². The summed E-state index contributed by atoms with van der Waals surface area (Å²) in [5, 5.41) is 11.5. The molecule has 0 radical (unpaired) electrons. The third kappa shape index (κ3) is 3.02. The minimum atomic E-state index is -0.402. The first kappa shape index (κ1) is 13.3. The first-order valence-electron chi connectivity index (χ1n) is 6.08. The summed E-state index contributed by atoms with van der Waals surface area (Å²) >= 11 is 3.57. The molecule has 0 heterocycles. The average Bonchev–Trinajstić information content (AvgIpc) is 2.86. The van der Waals surface area contributed by atoms with Gasteiger partial charge in [-0.25, -0.2) is 0 Å². The van der Waals surface area contributed by atoms with Crippen LogP contribution in [0, 0.1) is 15.5 Å². The first-order chi connectivity index (χ1) is 8.65. The molecular formula is C13H16BrNO3. The maximum atomic E-state index is 10.5. The van der Waals surface area contributed by atoms with Crippen LogP contribution in [0.5, 0.6) is 5.75 Å².